The maximum atomic E-state index is 13.6. The molecular weight excluding hydrogens is 316 g/mol. The van der Waals surface area contributed by atoms with Crippen LogP contribution in [0.15, 0.2) is 12.2 Å². The van der Waals surface area contributed by atoms with Crippen molar-refractivity contribution in [1.82, 2.24) is 0 Å². The highest BCUT2D eigenvalue weighted by atomic mass is 16.6. The summed E-state index contributed by atoms with van der Waals surface area (Å²) in [7, 11) is 1.53. The van der Waals surface area contributed by atoms with E-state index >= 15 is 0 Å². The molecule has 8 fully saturated rings. The fraction of sp³-hybridized carbons (Fsp3) is 0.810. The van der Waals surface area contributed by atoms with Gasteiger partial charge < -0.3 is 9.47 Å². The van der Waals surface area contributed by atoms with Crippen LogP contribution < -0.4 is 0 Å². The van der Waals surface area contributed by atoms with Crippen molar-refractivity contribution in [2.75, 3.05) is 7.11 Å². The second-order valence-electron chi connectivity index (χ2n) is 10.2. The Hall–Kier alpha value is -1.32. The largest absolute Gasteiger partial charge is 0.469 e. The lowest BCUT2D eigenvalue weighted by atomic mass is 9.43. The lowest BCUT2D eigenvalue weighted by Gasteiger charge is -2.60. The Bertz CT molecular complexity index is 813. The molecule has 4 nitrogen and oxygen atoms in total. The van der Waals surface area contributed by atoms with Crippen molar-refractivity contribution in [1.29, 1.82) is 0 Å². The average molecular weight is 338 g/mol. The van der Waals surface area contributed by atoms with Crippen LogP contribution in [0.2, 0.25) is 0 Å². The molecule has 0 amide bonds. The summed E-state index contributed by atoms with van der Waals surface area (Å²) in [6, 6.07) is 0. The van der Waals surface area contributed by atoms with Gasteiger partial charge >= 0.3 is 11.9 Å². The minimum absolute atomic E-state index is 0.00245. The number of hydrogen-bond donors (Lipinski definition) is 0. The van der Waals surface area contributed by atoms with E-state index in [1.807, 2.05) is 0 Å². The molecule has 1 aliphatic heterocycles. The molecule has 9 aliphatic rings. The van der Waals surface area contributed by atoms with Crippen LogP contribution in [0, 0.1) is 70.0 Å². The summed E-state index contributed by atoms with van der Waals surface area (Å²) in [5, 5.41) is 0. The first-order valence-corrected chi connectivity index (χ1v) is 10.2. The Morgan fingerprint density at radius 1 is 1.12 bits per heavy atom. The first-order valence-electron chi connectivity index (χ1n) is 10.2. The monoisotopic (exact) mass is 338 g/mol. The molecule has 0 radical (unpaired) electrons. The summed E-state index contributed by atoms with van der Waals surface area (Å²) in [6.45, 7) is 0. The van der Waals surface area contributed by atoms with Crippen molar-refractivity contribution in [3.05, 3.63) is 12.2 Å². The van der Waals surface area contributed by atoms with Gasteiger partial charge in [-0.15, -0.1) is 0 Å². The van der Waals surface area contributed by atoms with E-state index in [0.29, 0.717) is 59.2 Å². The van der Waals surface area contributed by atoms with Gasteiger partial charge in [-0.1, -0.05) is 12.2 Å². The molecule has 7 saturated carbocycles. The maximum absolute atomic E-state index is 13.6. The number of esters is 2. The molecule has 8 bridgehead atoms. The summed E-state index contributed by atoms with van der Waals surface area (Å²) in [5.74, 6) is 4.84. The van der Waals surface area contributed by atoms with E-state index < -0.39 is 10.8 Å². The Labute approximate surface area is 146 Å². The third-order valence-electron chi connectivity index (χ3n) is 10.7. The molecule has 1 heterocycles. The number of ether oxygens (including phenoxy) is 2. The number of carbonyl (C=O) groups excluding carboxylic acids is 2. The molecule has 1 saturated heterocycles. The van der Waals surface area contributed by atoms with Crippen LogP contribution in [-0.2, 0) is 19.1 Å². The highest BCUT2D eigenvalue weighted by molar-refractivity contribution is 5.95. The summed E-state index contributed by atoms with van der Waals surface area (Å²) >= 11 is 0. The molecule has 0 N–H and O–H groups in total. The fourth-order valence-corrected chi connectivity index (χ4v) is 11.4. The van der Waals surface area contributed by atoms with Gasteiger partial charge in [-0.2, -0.15) is 0 Å². The zero-order valence-electron chi connectivity index (χ0n) is 14.3. The third-order valence-corrected chi connectivity index (χ3v) is 10.7. The second-order valence-corrected chi connectivity index (χ2v) is 10.2. The molecule has 0 aromatic carbocycles. The SMILES string of the molecule is COC(=O)[C@]12[C@H]3[C@@H]4C=CC[C@@H]4[C@H]4[C@@H]3[C@H]3[C@H]5[C@@H]6[C@@H](CC[C@H]6OC(=O)[C@]541)[C@@H]32. The number of hydrogen-bond acceptors (Lipinski definition) is 4. The van der Waals surface area contributed by atoms with E-state index in [9.17, 15) is 9.59 Å². The summed E-state index contributed by atoms with van der Waals surface area (Å²) in [5.41, 5.74) is -1.09. The van der Waals surface area contributed by atoms with Crippen molar-refractivity contribution in [3.8, 4) is 0 Å². The predicted molar refractivity (Wildman–Crippen MR) is 84.7 cm³/mol. The van der Waals surface area contributed by atoms with E-state index in [-0.39, 0.29) is 18.0 Å². The van der Waals surface area contributed by atoms with Crippen molar-refractivity contribution in [3.63, 3.8) is 0 Å². The highest BCUT2D eigenvalue weighted by Gasteiger charge is 3.02. The van der Waals surface area contributed by atoms with Crippen LogP contribution in [0.25, 0.3) is 0 Å². The van der Waals surface area contributed by atoms with Gasteiger partial charge in [0.05, 0.1) is 17.9 Å². The van der Waals surface area contributed by atoms with Crippen molar-refractivity contribution >= 4 is 11.9 Å². The minimum atomic E-state index is -0.560. The molecule has 9 rings (SSSR count). The van der Waals surface area contributed by atoms with Gasteiger partial charge in [0, 0.05) is 5.92 Å². The van der Waals surface area contributed by atoms with Gasteiger partial charge in [-0.05, 0) is 72.5 Å². The van der Waals surface area contributed by atoms with Crippen molar-refractivity contribution < 1.29 is 19.1 Å². The molecular formula is C21H22O4. The van der Waals surface area contributed by atoms with Gasteiger partial charge in [0.25, 0.3) is 0 Å². The Morgan fingerprint density at radius 2 is 1.96 bits per heavy atom. The maximum Gasteiger partial charge on any atom is 0.314 e. The van der Waals surface area contributed by atoms with E-state index in [1.54, 1.807) is 0 Å². The van der Waals surface area contributed by atoms with E-state index in [2.05, 4.69) is 12.2 Å². The predicted octanol–water partition coefficient (Wildman–Crippen LogP) is 2.04. The molecule has 0 aromatic rings. The third kappa shape index (κ3) is 0.821. The van der Waals surface area contributed by atoms with Crippen LogP contribution in [0.5, 0.6) is 0 Å². The topological polar surface area (TPSA) is 52.6 Å². The van der Waals surface area contributed by atoms with Gasteiger partial charge in [-0.25, -0.2) is 0 Å². The minimum Gasteiger partial charge on any atom is -0.469 e. The molecule has 0 unspecified atom stereocenters. The first-order chi connectivity index (χ1) is 12.2. The van der Waals surface area contributed by atoms with Crippen LogP contribution in [-0.4, -0.2) is 25.2 Å². The number of rotatable bonds is 1. The van der Waals surface area contributed by atoms with E-state index in [1.165, 1.54) is 7.11 Å². The zero-order valence-corrected chi connectivity index (χ0v) is 14.3. The molecule has 4 heteroatoms. The quantitative estimate of drug-likeness (QED) is 0.542. The lowest BCUT2D eigenvalue weighted by Crippen LogP contribution is -2.68. The highest BCUT2D eigenvalue weighted by Crippen LogP contribution is 2.98. The van der Waals surface area contributed by atoms with Crippen molar-refractivity contribution in [2.45, 2.75) is 25.4 Å². The van der Waals surface area contributed by atoms with Crippen LogP contribution in [0.4, 0.5) is 0 Å². The second kappa shape index (κ2) is 3.32. The summed E-state index contributed by atoms with van der Waals surface area (Å²) in [6.07, 6.45) is 8.07. The smallest absolute Gasteiger partial charge is 0.314 e. The molecule has 13 atom stereocenters. The molecule has 1 spiro atoms. The van der Waals surface area contributed by atoms with Crippen LogP contribution in [0.3, 0.4) is 0 Å². The Morgan fingerprint density at radius 3 is 2.80 bits per heavy atom. The van der Waals surface area contributed by atoms with Gasteiger partial charge in [-0.3, -0.25) is 9.59 Å². The van der Waals surface area contributed by atoms with Crippen LogP contribution in [0.1, 0.15) is 19.3 Å². The number of fused-ring (bicyclic) bond motifs is 1. The first kappa shape index (κ1) is 12.9. The molecule has 8 aliphatic carbocycles. The van der Waals surface area contributed by atoms with Gasteiger partial charge in [0.1, 0.15) is 6.10 Å². The van der Waals surface area contributed by atoms with Crippen molar-refractivity contribution in [2.24, 2.45) is 70.0 Å². The number of carbonyl (C=O) groups is 2. The average Bonchev–Trinajstić information content (AvgIpc) is 3.36. The number of methoxy groups -OCH3 is 1. The lowest BCUT2D eigenvalue weighted by molar-refractivity contribution is -0.231. The standard InChI is InChI=1S/C21H22O4/c1-24-18(22)20-14-7-3-2-4-8(7)15-12(14)13-16(20)9-5-6-10-11(9)17(13)21(15,20)19(23)25-10/h2-3,7-17H,4-6H2,1H3/t7-,8+,9-,10-,11-,12-,13-,14+,15+,16+,17-,20-,21-/m1/s1. The fourth-order valence-electron chi connectivity index (χ4n) is 11.4. The Balaban J connectivity index is 1.49. The van der Waals surface area contributed by atoms with E-state index in [0.717, 1.165) is 19.3 Å². The van der Waals surface area contributed by atoms with E-state index in [4.69, 9.17) is 9.47 Å². The number of allylic oxidation sites excluding steroid dienone is 2. The summed E-state index contributed by atoms with van der Waals surface area (Å²) in [4.78, 5) is 27.1. The molecule has 0 aromatic heterocycles. The molecule has 130 valence electrons. The normalized spacial score (nSPS) is 70.4. The zero-order chi connectivity index (χ0) is 16.5. The molecule has 25 heavy (non-hydrogen) atoms. The summed E-state index contributed by atoms with van der Waals surface area (Å²) < 4.78 is 11.6. The van der Waals surface area contributed by atoms with Gasteiger partial charge in [0.2, 0.25) is 0 Å². The van der Waals surface area contributed by atoms with Gasteiger partial charge in [0.15, 0.2) is 0 Å². The Kier molecular flexibility index (Phi) is 1.72. The van der Waals surface area contributed by atoms with Crippen LogP contribution >= 0.6 is 0 Å².